The molecule has 2 saturated heterocycles. The second kappa shape index (κ2) is 26.7. The first-order chi connectivity index (χ1) is 25.6. The van der Waals surface area contributed by atoms with Crippen LogP contribution in [-0.4, -0.2) is 107 Å². The van der Waals surface area contributed by atoms with Crippen molar-refractivity contribution in [2.75, 3.05) is 27.3 Å². The molecule has 0 aromatic heterocycles. The van der Waals surface area contributed by atoms with Gasteiger partial charge >= 0.3 is 23.8 Å². The number of likely N-dealkylation sites (tertiary alicyclic amines) is 2. The molecule has 0 aromatic carbocycles. The number of hydrogen-bond acceptors (Lipinski definition) is 8. The van der Waals surface area contributed by atoms with Crippen LogP contribution in [0.25, 0.3) is 0 Å². The van der Waals surface area contributed by atoms with E-state index in [-0.39, 0.29) is 25.0 Å². The van der Waals surface area contributed by atoms with E-state index in [1.165, 1.54) is 24.0 Å². The van der Waals surface area contributed by atoms with E-state index in [2.05, 4.69) is 23.3 Å². The van der Waals surface area contributed by atoms with Crippen LogP contribution in [0.15, 0.2) is 24.3 Å². The van der Waals surface area contributed by atoms with Gasteiger partial charge < -0.3 is 29.5 Å². The first-order valence-electron chi connectivity index (χ1n) is 19.9. The van der Waals surface area contributed by atoms with Gasteiger partial charge in [0.2, 0.25) is 0 Å². The fraction of sp³-hybridized carbons (Fsp3) is 0.800. The normalized spacial score (nSPS) is 20.4. The van der Waals surface area contributed by atoms with Gasteiger partial charge in [-0.05, 0) is 38.5 Å². The Balaban J connectivity index is 0.000000540. The highest BCUT2D eigenvalue weighted by Gasteiger charge is 2.53. The number of nitrogens with zero attached hydrogens (tertiary/aromatic N) is 2. The summed E-state index contributed by atoms with van der Waals surface area (Å²) < 4.78 is 64.4. The Kier molecular flexibility index (Phi) is 24.3. The third kappa shape index (κ3) is 19.0. The number of alkyl halides is 4. The standard InChI is InChI=1S/2C20H33F2NO4/c2*1-3-4-7-10-17(24)13-12-16-15-20(21,22)19(26)23(16)14-9-6-5-8-11-18(25)27-2/h2*12-13,16-17,24H,3-11,14-15H2,1-2H3/b2*13-12+/t2*16-,17-/m00/s1. The zero-order valence-electron chi connectivity index (χ0n) is 32.9. The third-order valence-electron chi connectivity index (χ3n) is 9.71. The van der Waals surface area contributed by atoms with Crippen molar-refractivity contribution in [1.29, 1.82) is 0 Å². The lowest BCUT2D eigenvalue weighted by Crippen LogP contribution is -2.36. The summed E-state index contributed by atoms with van der Waals surface area (Å²) in [6, 6.07) is -1.35. The minimum absolute atomic E-state index is 0.257. The number of rotatable bonds is 26. The first kappa shape index (κ1) is 49.0. The molecule has 0 spiro atoms. The van der Waals surface area contributed by atoms with Gasteiger partial charge in [-0.2, -0.15) is 17.6 Å². The lowest BCUT2D eigenvalue weighted by Gasteiger charge is -2.22. The zero-order chi connectivity index (χ0) is 40.6. The van der Waals surface area contributed by atoms with Crippen LogP contribution in [0.1, 0.15) is 142 Å². The maximum Gasteiger partial charge on any atom is 0.327 e. The van der Waals surface area contributed by atoms with Crippen molar-refractivity contribution in [2.24, 2.45) is 0 Å². The Morgan fingerprint density at radius 3 is 1.33 bits per heavy atom. The molecule has 2 N–H and O–H groups in total. The minimum Gasteiger partial charge on any atom is -0.469 e. The number of hydrogen-bond donors (Lipinski definition) is 2. The van der Waals surface area contributed by atoms with E-state index in [0.717, 1.165) is 64.2 Å². The van der Waals surface area contributed by atoms with E-state index in [4.69, 9.17) is 0 Å². The molecule has 2 rings (SSSR count). The fourth-order valence-corrected chi connectivity index (χ4v) is 6.45. The summed E-state index contributed by atoms with van der Waals surface area (Å²) in [7, 11) is 2.69. The maximum absolute atomic E-state index is 13.8. The molecule has 0 aromatic rings. The van der Waals surface area contributed by atoms with Crippen molar-refractivity contribution < 1.29 is 56.4 Å². The largest absolute Gasteiger partial charge is 0.469 e. The molecular formula is C40H66F4N2O8. The molecule has 2 heterocycles. The van der Waals surface area contributed by atoms with Gasteiger partial charge in [-0.3, -0.25) is 19.2 Å². The minimum atomic E-state index is -3.34. The molecule has 2 amide bonds. The number of amides is 2. The number of carbonyl (C=O) groups is 4. The predicted molar refractivity (Wildman–Crippen MR) is 199 cm³/mol. The van der Waals surface area contributed by atoms with E-state index in [9.17, 15) is 47.0 Å². The Hall–Kier alpha value is -3.00. The molecule has 2 aliphatic rings. The smallest absolute Gasteiger partial charge is 0.327 e. The Labute approximate surface area is 319 Å². The second-order valence-corrected chi connectivity index (χ2v) is 14.3. The van der Waals surface area contributed by atoms with Gasteiger partial charge in [0.15, 0.2) is 0 Å². The Morgan fingerprint density at radius 2 is 1.00 bits per heavy atom. The van der Waals surface area contributed by atoms with Crippen molar-refractivity contribution in [3.8, 4) is 0 Å². The van der Waals surface area contributed by atoms with Crippen LogP contribution in [0, 0.1) is 0 Å². The van der Waals surface area contributed by atoms with Crippen LogP contribution in [0.4, 0.5) is 17.6 Å². The van der Waals surface area contributed by atoms with E-state index in [1.54, 1.807) is 24.3 Å². The molecule has 0 bridgehead atoms. The number of aliphatic hydroxyl groups excluding tert-OH is 2. The quantitative estimate of drug-likeness (QED) is 0.0396. The third-order valence-corrected chi connectivity index (χ3v) is 9.71. The average Bonchev–Trinajstić information content (AvgIpc) is 3.49. The number of ether oxygens (including phenoxy) is 2. The van der Waals surface area contributed by atoms with Gasteiger partial charge in [-0.25, -0.2) is 0 Å². The SMILES string of the molecule is CCCCC[C@H](O)/C=C/[C@H]1CC(F)(F)C(=O)N1CCCCCCC(=O)OC.CCCCC[C@H](O)/C=C/[C@H]1CC(F)(F)C(=O)N1CCCCCCC(=O)OC. The summed E-state index contributed by atoms with van der Waals surface area (Å²) in [6.07, 6.45) is 17.2. The summed E-state index contributed by atoms with van der Waals surface area (Å²) in [5, 5.41) is 19.9. The topological polar surface area (TPSA) is 134 Å². The van der Waals surface area contributed by atoms with Crippen molar-refractivity contribution in [3.05, 3.63) is 24.3 Å². The molecule has 54 heavy (non-hydrogen) atoms. The molecule has 10 nitrogen and oxygen atoms in total. The fourth-order valence-electron chi connectivity index (χ4n) is 6.45. The van der Waals surface area contributed by atoms with E-state index in [1.807, 2.05) is 0 Å². The summed E-state index contributed by atoms with van der Waals surface area (Å²) in [6.45, 7) is 4.66. The summed E-state index contributed by atoms with van der Waals surface area (Å²) in [4.78, 5) is 48.4. The molecule has 2 fully saturated rings. The van der Waals surface area contributed by atoms with Crippen molar-refractivity contribution in [2.45, 2.75) is 178 Å². The molecular weight excluding hydrogens is 712 g/mol. The van der Waals surface area contributed by atoms with Gasteiger partial charge in [0.05, 0.1) is 38.5 Å². The van der Waals surface area contributed by atoms with Crippen LogP contribution in [0.3, 0.4) is 0 Å². The lowest BCUT2D eigenvalue weighted by molar-refractivity contribution is -0.148. The lowest BCUT2D eigenvalue weighted by atomic mass is 10.1. The molecule has 0 unspecified atom stereocenters. The van der Waals surface area contributed by atoms with Crippen LogP contribution in [0.2, 0.25) is 0 Å². The predicted octanol–water partition coefficient (Wildman–Crippen LogP) is 7.69. The van der Waals surface area contributed by atoms with Crippen molar-refractivity contribution in [3.63, 3.8) is 0 Å². The second-order valence-electron chi connectivity index (χ2n) is 14.3. The van der Waals surface area contributed by atoms with Gasteiger partial charge in [0.25, 0.3) is 11.8 Å². The molecule has 4 atom stereocenters. The van der Waals surface area contributed by atoms with Crippen molar-refractivity contribution >= 4 is 23.8 Å². The molecule has 0 aliphatic carbocycles. The van der Waals surface area contributed by atoms with E-state index in [0.29, 0.717) is 51.4 Å². The monoisotopic (exact) mass is 778 g/mol. The van der Waals surface area contributed by atoms with Gasteiger partial charge in [0, 0.05) is 38.8 Å². The van der Waals surface area contributed by atoms with Gasteiger partial charge in [0.1, 0.15) is 0 Å². The van der Waals surface area contributed by atoms with Crippen LogP contribution in [0.5, 0.6) is 0 Å². The van der Waals surface area contributed by atoms with Gasteiger partial charge in [-0.15, -0.1) is 0 Å². The zero-order valence-corrected chi connectivity index (χ0v) is 32.9. The number of carbonyl (C=O) groups excluding carboxylic acids is 4. The Morgan fingerprint density at radius 1 is 0.648 bits per heavy atom. The van der Waals surface area contributed by atoms with Crippen LogP contribution < -0.4 is 0 Å². The first-order valence-corrected chi connectivity index (χ1v) is 19.9. The summed E-state index contributed by atoms with van der Waals surface area (Å²) >= 11 is 0. The Bertz CT molecular complexity index is 1080. The highest BCUT2D eigenvalue weighted by atomic mass is 19.3. The van der Waals surface area contributed by atoms with Crippen LogP contribution >= 0.6 is 0 Å². The average molecular weight is 779 g/mol. The number of esters is 2. The number of halogens is 4. The van der Waals surface area contributed by atoms with Crippen LogP contribution in [-0.2, 0) is 28.7 Å². The number of unbranched alkanes of at least 4 members (excludes halogenated alkanes) is 10. The molecule has 0 radical (unpaired) electrons. The number of methoxy groups -OCH3 is 2. The molecule has 0 saturated carbocycles. The summed E-state index contributed by atoms with van der Waals surface area (Å²) in [5.41, 5.74) is 0. The number of aliphatic hydroxyl groups is 2. The highest BCUT2D eigenvalue weighted by Crippen LogP contribution is 2.35. The van der Waals surface area contributed by atoms with E-state index < -0.39 is 60.8 Å². The summed E-state index contributed by atoms with van der Waals surface area (Å²) in [5.74, 6) is -9.46. The molecule has 312 valence electrons. The van der Waals surface area contributed by atoms with Crippen molar-refractivity contribution in [1.82, 2.24) is 9.80 Å². The maximum atomic E-state index is 13.8. The molecule has 2 aliphatic heterocycles. The van der Waals surface area contributed by atoms with E-state index >= 15 is 0 Å². The highest BCUT2D eigenvalue weighted by molar-refractivity contribution is 5.87. The van der Waals surface area contributed by atoms with Gasteiger partial charge in [-0.1, -0.05) is 102 Å². The molecule has 14 heteroatoms.